The molecule has 3 heteroatoms. The molecule has 1 atom stereocenters. The van der Waals surface area contributed by atoms with E-state index in [0.29, 0.717) is 0 Å². The lowest BCUT2D eigenvalue weighted by atomic mass is 10.1. The minimum atomic E-state index is 0.247. The van der Waals surface area contributed by atoms with E-state index in [1.54, 1.807) is 7.11 Å². The summed E-state index contributed by atoms with van der Waals surface area (Å²) in [6.45, 7) is 4.71. The molecule has 0 bridgehead atoms. The third-order valence-electron chi connectivity index (χ3n) is 4.06. The van der Waals surface area contributed by atoms with Crippen molar-refractivity contribution < 1.29 is 9.47 Å². The molecule has 2 rings (SSSR count). The van der Waals surface area contributed by atoms with Crippen LogP contribution in [-0.2, 0) is 4.74 Å². The summed E-state index contributed by atoms with van der Waals surface area (Å²) in [4.78, 5) is 0. The Morgan fingerprint density at radius 1 is 1.30 bits per heavy atom. The summed E-state index contributed by atoms with van der Waals surface area (Å²) < 4.78 is 11.3. The van der Waals surface area contributed by atoms with Gasteiger partial charge in [0.05, 0.1) is 19.8 Å². The zero-order chi connectivity index (χ0) is 14.2. The van der Waals surface area contributed by atoms with E-state index in [1.807, 2.05) is 12.1 Å². The van der Waals surface area contributed by atoms with Crippen LogP contribution in [-0.4, -0.2) is 26.9 Å². The fourth-order valence-corrected chi connectivity index (χ4v) is 2.91. The molecular weight excluding hydrogens is 250 g/mol. The van der Waals surface area contributed by atoms with Crippen molar-refractivity contribution in [3.05, 3.63) is 29.8 Å². The van der Waals surface area contributed by atoms with E-state index < -0.39 is 0 Å². The molecule has 112 valence electrons. The highest BCUT2D eigenvalue weighted by Gasteiger charge is 2.17. The molecular formula is C17H27NO2. The maximum Gasteiger partial charge on any atom is 0.119 e. The monoisotopic (exact) mass is 277 g/mol. The molecule has 20 heavy (non-hydrogen) atoms. The van der Waals surface area contributed by atoms with E-state index in [4.69, 9.17) is 9.47 Å². The average molecular weight is 277 g/mol. The number of hydrogen-bond acceptors (Lipinski definition) is 3. The topological polar surface area (TPSA) is 30.5 Å². The number of likely N-dealkylation sites (N-methyl/N-ethyl adjacent to an activating group) is 1. The molecule has 0 radical (unpaired) electrons. The highest BCUT2D eigenvalue weighted by atomic mass is 16.5. The van der Waals surface area contributed by atoms with Crippen LogP contribution >= 0.6 is 0 Å². The van der Waals surface area contributed by atoms with Gasteiger partial charge in [-0.2, -0.15) is 0 Å². The normalized spacial score (nSPS) is 17.3. The molecule has 1 saturated carbocycles. The third-order valence-corrected chi connectivity index (χ3v) is 4.06. The largest absolute Gasteiger partial charge is 0.497 e. The molecule has 0 amide bonds. The SMILES string of the molecule is CCNC(COCC1CCCC1)c1cccc(OC)c1. The van der Waals surface area contributed by atoms with Gasteiger partial charge < -0.3 is 14.8 Å². The van der Waals surface area contributed by atoms with Crippen LogP contribution in [0.25, 0.3) is 0 Å². The molecule has 0 aliphatic heterocycles. The van der Waals surface area contributed by atoms with E-state index in [9.17, 15) is 0 Å². The van der Waals surface area contributed by atoms with E-state index in [-0.39, 0.29) is 6.04 Å². The average Bonchev–Trinajstić information content (AvgIpc) is 3.00. The first-order valence-corrected chi connectivity index (χ1v) is 7.78. The standard InChI is InChI=1S/C17H27NO2/c1-3-18-17(13-20-12-14-7-4-5-8-14)15-9-6-10-16(11-15)19-2/h6,9-11,14,17-18H,3-5,7-8,12-13H2,1-2H3. The number of ether oxygens (including phenoxy) is 2. The second kappa shape index (κ2) is 8.28. The molecule has 0 heterocycles. The first-order valence-electron chi connectivity index (χ1n) is 7.78. The maximum absolute atomic E-state index is 5.96. The Morgan fingerprint density at radius 2 is 2.10 bits per heavy atom. The van der Waals surface area contributed by atoms with Crippen molar-refractivity contribution in [3.8, 4) is 5.75 Å². The number of benzene rings is 1. The first-order chi connectivity index (χ1) is 9.83. The van der Waals surface area contributed by atoms with Crippen molar-refractivity contribution in [3.63, 3.8) is 0 Å². The van der Waals surface area contributed by atoms with Gasteiger partial charge in [-0.1, -0.05) is 31.9 Å². The first kappa shape index (κ1) is 15.3. The van der Waals surface area contributed by atoms with Crippen LogP contribution in [0.2, 0.25) is 0 Å². The number of rotatable bonds is 8. The number of hydrogen-bond donors (Lipinski definition) is 1. The Labute approximate surface area is 122 Å². The minimum Gasteiger partial charge on any atom is -0.497 e. The van der Waals surface area contributed by atoms with Crippen molar-refractivity contribution in [2.45, 2.75) is 38.6 Å². The molecule has 3 nitrogen and oxygen atoms in total. The molecule has 0 aromatic heterocycles. The molecule has 1 unspecified atom stereocenters. The van der Waals surface area contributed by atoms with Gasteiger partial charge in [0.25, 0.3) is 0 Å². The zero-order valence-corrected chi connectivity index (χ0v) is 12.7. The lowest BCUT2D eigenvalue weighted by molar-refractivity contribution is 0.0831. The van der Waals surface area contributed by atoms with Gasteiger partial charge >= 0.3 is 0 Å². The molecule has 1 fully saturated rings. The van der Waals surface area contributed by atoms with Crippen LogP contribution in [0.4, 0.5) is 0 Å². The molecule has 1 N–H and O–H groups in total. The minimum absolute atomic E-state index is 0.247. The number of methoxy groups -OCH3 is 1. The van der Waals surface area contributed by atoms with Crippen LogP contribution < -0.4 is 10.1 Å². The Morgan fingerprint density at radius 3 is 2.80 bits per heavy atom. The summed E-state index contributed by atoms with van der Waals surface area (Å²) in [5, 5.41) is 3.50. The fraction of sp³-hybridized carbons (Fsp3) is 0.647. The highest BCUT2D eigenvalue weighted by molar-refractivity contribution is 5.30. The van der Waals surface area contributed by atoms with E-state index in [0.717, 1.165) is 31.4 Å². The van der Waals surface area contributed by atoms with Gasteiger partial charge in [0, 0.05) is 6.61 Å². The maximum atomic E-state index is 5.96. The zero-order valence-electron chi connectivity index (χ0n) is 12.7. The Balaban J connectivity index is 1.87. The van der Waals surface area contributed by atoms with Crippen molar-refractivity contribution in [1.82, 2.24) is 5.32 Å². The van der Waals surface area contributed by atoms with Crippen LogP contribution in [0.15, 0.2) is 24.3 Å². The van der Waals surface area contributed by atoms with E-state index in [2.05, 4.69) is 24.4 Å². The summed E-state index contributed by atoms with van der Waals surface area (Å²) in [5.41, 5.74) is 1.23. The van der Waals surface area contributed by atoms with Crippen LogP contribution in [0, 0.1) is 5.92 Å². The molecule has 0 spiro atoms. The van der Waals surface area contributed by atoms with Crippen LogP contribution in [0.1, 0.15) is 44.2 Å². The van der Waals surface area contributed by atoms with Crippen molar-refractivity contribution in [2.75, 3.05) is 26.9 Å². The summed E-state index contributed by atoms with van der Waals surface area (Å²) >= 11 is 0. The van der Waals surface area contributed by atoms with E-state index >= 15 is 0 Å². The second-order valence-corrected chi connectivity index (χ2v) is 5.57. The Hall–Kier alpha value is -1.06. The van der Waals surface area contributed by atoms with Gasteiger partial charge in [0.1, 0.15) is 5.75 Å². The molecule has 1 aromatic carbocycles. The van der Waals surface area contributed by atoms with Crippen molar-refractivity contribution >= 4 is 0 Å². The number of nitrogens with one attached hydrogen (secondary N) is 1. The summed E-state index contributed by atoms with van der Waals surface area (Å²) in [7, 11) is 1.71. The van der Waals surface area contributed by atoms with Gasteiger partial charge in [-0.3, -0.25) is 0 Å². The summed E-state index contributed by atoms with van der Waals surface area (Å²) in [6, 6.07) is 8.49. The highest BCUT2D eigenvalue weighted by Crippen LogP contribution is 2.25. The molecule has 1 aliphatic rings. The lowest BCUT2D eigenvalue weighted by Gasteiger charge is -2.20. The Bertz CT molecular complexity index is 388. The van der Waals surface area contributed by atoms with Crippen molar-refractivity contribution in [2.24, 2.45) is 5.92 Å². The van der Waals surface area contributed by atoms with Crippen LogP contribution in [0.3, 0.4) is 0 Å². The predicted octanol–water partition coefficient (Wildman–Crippen LogP) is 3.55. The van der Waals surface area contributed by atoms with Gasteiger partial charge in [-0.15, -0.1) is 0 Å². The fourth-order valence-electron chi connectivity index (χ4n) is 2.91. The summed E-state index contributed by atoms with van der Waals surface area (Å²) in [6.07, 6.45) is 5.43. The predicted molar refractivity (Wildman–Crippen MR) is 82.2 cm³/mol. The molecule has 1 aromatic rings. The van der Waals surface area contributed by atoms with Crippen LogP contribution in [0.5, 0.6) is 5.75 Å². The quantitative estimate of drug-likeness (QED) is 0.788. The van der Waals surface area contributed by atoms with Gasteiger partial charge in [-0.25, -0.2) is 0 Å². The second-order valence-electron chi connectivity index (χ2n) is 5.57. The van der Waals surface area contributed by atoms with Gasteiger partial charge in [0.15, 0.2) is 0 Å². The summed E-state index contributed by atoms with van der Waals surface area (Å²) in [5.74, 6) is 1.68. The van der Waals surface area contributed by atoms with E-state index in [1.165, 1.54) is 31.2 Å². The molecule has 1 aliphatic carbocycles. The lowest BCUT2D eigenvalue weighted by Crippen LogP contribution is -2.26. The van der Waals surface area contributed by atoms with Crippen molar-refractivity contribution in [1.29, 1.82) is 0 Å². The smallest absolute Gasteiger partial charge is 0.119 e. The third kappa shape index (κ3) is 4.50. The van der Waals surface area contributed by atoms with Gasteiger partial charge in [-0.05, 0) is 43.0 Å². The van der Waals surface area contributed by atoms with Gasteiger partial charge in [0.2, 0.25) is 0 Å². The Kier molecular flexibility index (Phi) is 6.34. The molecule has 0 saturated heterocycles.